The molecule has 2 rings (SSSR count). The van der Waals surface area contributed by atoms with Crippen LogP contribution < -0.4 is 0 Å². The van der Waals surface area contributed by atoms with E-state index in [9.17, 15) is 4.79 Å². The molecule has 98 valence electrons. The summed E-state index contributed by atoms with van der Waals surface area (Å²) in [7, 11) is 3.30. The standard InChI is InChI=1S/C13H10N6O/c1-18(2)13(20)9-3-4-12(16-7-9)19-8-17-10(5-14)11(19)6-15/h3-4,7-8H,1-2H3. The Morgan fingerprint density at radius 1 is 1.25 bits per heavy atom. The molecule has 7 nitrogen and oxygen atoms in total. The fourth-order valence-electron chi connectivity index (χ4n) is 1.62. The average molecular weight is 266 g/mol. The first-order valence-corrected chi connectivity index (χ1v) is 5.64. The molecule has 7 heteroatoms. The zero-order valence-corrected chi connectivity index (χ0v) is 10.9. The Morgan fingerprint density at radius 3 is 2.50 bits per heavy atom. The minimum atomic E-state index is -0.159. The number of carbonyl (C=O) groups is 1. The molecule has 2 heterocycles. The fourth-order valence-corrected chi connectivity index (χ4v) is 1.62. The summed E-state index contributed by atoms with van der Waals surface area (Å²) >= 11 is 0. The topological polar surface area (TPSA) is 98.6 Å². The third kappa shape index (κ3) is 2.20. The lowest BCUT2D eigenvalue weighted by molar-refractivity contribution is 0.0827. The molecule has 0 aliphatic rings. The van der Waals surface area contributed by atoms with Gasteiger partial charge in [-0.1, -0.05) is 0 Å². The van der Waals surface area contributed by atoms with E-state index in [1.54, 1.807) is 26.2 Å². The molecule has 0 aromatic carbocycles. The maximum atomic E-state index is 11.7. The zero-order chi connectivity index (χ0) is 14.7. The normalized spacial score (nSPS) is 9.60. The molecule has 0 radical (unpaired) electrons. The number of nitriles is 2. The molecule has 0 atom stereocenters. The van der Waals surface area contributed by atoms with Gasteiger partial charge in [0, 0.05) is 20.3 Å². The predicted molar refractivity (Wildman–Crippen MR) is 68.8 cm³/mol. The molecule has 0 fully saturated rings. The third-order valence-corrected chi connectivity index (χ3v) is 2.63. The molecule has 0 saturated heterocycles. The van der Waals surface area contributed by atoms with Gasteiger partial charge in [0.15, 0.2) is 11.4 Å². The summed E-state index contributed by atoms with van der Waals surface area (Å²) in [6.07, 6.45) is 2.78. The van der Waals surface area contributed by atoms with Crippen LogP contribution in [0.25, 0.3) is 5.82 Å². The van der Waals surface area contributed by atoms with Crippen molar-refractivity contribution in [3.8, 4) is 18.0 Å². The maximum absolute atomic E-state index is 11.7. The summed E-state index contributed by atoms with van der Waals surface area (Å²) in [6, 6.07) is 6.96. The van der Waals surface area contributed by atoms with Gasteiger partial charge in [0.1, 0.15) is 24.3 Å². The molecule has 0 saturated carbocycles. The summed E-state index contributed by atoms with van der Waals surface area (Å²) in [5.41, 5.74) is 0.604. The van der Waals surface area contributed by atoms with Crippen molar-refractivity contribution < 1.29 is 4.79 Å². The highest BCUT2D eigenvalue weighted by molar-refractivity contribution is 5.93. The van der Waals surface area contributed by atoms with Crippen molar-refractivity contribution in [3.05, 3.63) is 41.6 Å². The van der Waals surface area contributed by atoms with Crippen LogP contribution >= 0.6 is 0 Å². The second-order valence-electron chi connectivity index (χ2n) is 4.14. The van der Waals surface area contributed by atoms with Gasteiger partial charge in [-0.05, 0) is 12.1 Å². The van der Waals surface area contributed by atoms with Gasteiger partial charge < -0.3 is 4.90 Å². The van der Waals surface area contributed by atoms with Crippen LogP contribution in [0.4, 0.5) is 0 Å². The Labute approximate surface area is 115 Å². The number of hydrogen-bond acceptors (Lipinski definition) is 5. The van der Waals surface area contributed by atoms with E-state index >= 15 is 0 Å². The average Bonchev–Trinajstić information content (AvgIpc) is 2.89. The van der Waals surface area contributed by atoms with Gasteiger partial charge in [0.25, 0.3) is 5.91 Å². The number of pyridine rings is 1. The summed E-state index contributed by atoms with van der Waals surface area (Å²) in [6.45, 7) is 0. The number of hydrogen-bond donors (Lipinski definition) is 0. The van der Waals surface area contributed by atoms with Gasteiger partial charge in [-0.15, -0.1) is 0 Å². The lowest BCUT2D eigenvalue weighted by atomic mass is 10.2. The second kappa shape index (κ2) is 5.21. The molecular weight excluding hydrogens is 256 g/mol. The minimum Gasteiger partial charge on any atom is -0.345 e. The third-order valence-electron chi connectivity index (χ3n) is 2.63. The van der Waals surface area contributed by atoms with Gasteiger partial charge >= 0.3 is 0 Å². The summed E-state index contributed by atoms with van der Waals surface area (Å²) in [5, 5.41) is 17.9. The number of imidazole rings is 1. The smallest absolute Gasteiger partial charge is 0.254 e. The van der Waals surface area contributed by atoms with Gasteiger partial charge in [-0.25, -0.2) is 9.97 Å². The molecular formula is C13H10N6O. The summed E-state index contributed by atoms with van der Waals surface area (Å²) < 4.78 is 1.41. The van der Waals surface area contributed by atoms with E-state index in [-0.39, 0.29) is 17.3 Å². The number of carbonyl (C=O) groups excluding carboxylic acids is 1. The Bertz CT molecular complexity index is 730. The number of aromatic nitrogens is 3. The molecule has 0 aliphatic carbocycles. The van der Waals surface area contributed by atoms with Crippen molar-refractivity contribution in [1.82, 2.24) is 19.4 Å². The van der Waals surface area contributed by atoms with Crippen LogP contribution in [0.5, 0.6) is 0 Å². The van der Waals surface area contributed by atoms with E-state index in [2.05, 4.69) is 9.97 Å². The van der Waals surface area contributed by atoms with Crippen molar-refractivity contribution in [1.29, 1.82) is 10.5 Å². The second-order valence-corrected chi connectivity index (χ2v) is 4.14. The Morgan fingerprint density at radius 2 is 2.00 bits per heavy atom. The quantitative estimate of drug-likeness (QED) is 0.797. The SMILES string of the molecule is CN(C)C(=O)c1ccc(-n2cnc(C#N)c2C#N)nc1. The van der Waals surface area contributed by atoms with Gasteiger partial charge in [0.05, 0.1) is 5.56 Å². The number of amides is 1. The summed E-state index contributed by atoms with van der Waals surface area (Å²) in [4.78, 5) is 21.1. The Hall–Kier alpha value is -3.19. The molecule has 0 aliphatic heterocycles. The Kier molecular flexibility index (Phi) is 3.45. The van der Waals surface area contributed by atoms with Crippen molar-refractivity contribution in [3.63, 3.8) is 0 Å². The minimum absolute atomic E-state index is 0.0442. The van der Waals surface area contributed by atoms with E-state index < -0.39 is 0 Å². The van der Waals surface area contributed by atoms with Crippen LogP contribution in [-0.2, 0) is 0 Å². The molecule has 0 bridgehead atoms. The Balaban J connectivity index is 2.42. The number of rotatable bonds is 2. The molecule has 1 amide bonds. The largest absolute Gasteiger partial charge is 0.345 e. The van der Waals surface area contributed by atoms with E-state index in [1.807, 2.05) is 12.1 Å². The van der Waals surface area contributed by atoms with Crippen LogP contribution in [-0.4, -0.2) is 39.4 Å². The van der Waals surface area contributed by atoms with Crippen molar-refractivity contribution >= 4 is 5.91 Å². The van der Waals surface area contributed by atoms with E-state index in [1.165, 1.54) is 22.0 Å². The summed E-state index contributed by atoms with van der Waals surface area (Å²) in [5.74, 6) is 0.263. The first kappa shape index (κ1) is 13.2. The highest BCUT2D eigenvalue weighted by Gasteiger charge is 2.13. The van der Waals surface area contributed by atoms with Crippen LogP contribution in [0.1, 0.15) is 21.7 Å². The monoisotopic (exact) mass is 266 g/mol. The van der Waals surface area contributed by atoms with E-state index in [0.717, 1.165) is 0 Å². The molecule has 20 heavy (non-hydrogen) atoms. The lowest BCUT2D eigenvalue weighted by Crippen LogP contribution is -2.21. The van der Waals surface area contributed by atoms with Gasteiger partial charge in [-0.3, -0.25) is 9.36 Å². The van der Waals surface area contributed by atoms with Crippen LogP contribution in [0.2, 0.25) is 0 Å². The van der Waals surface area contributed by atoms with Gasteiger partial charge in [-0.2, -0.15) is 10.5 Å². The maximum Gasteiger partial charge on any atom is 0.254 e. The van der Waals surface area contributed by atoms with Crippen LogP contribution in [0.15, 0.2) is 24.7 Å². The molecule has 2 aromatic rings. The van der Waals surface area contributed by atoms with Crippen molar-refractivity contribution in [2.75, 3.05) is 14.1 Å². The molecule has 2 aromatic heterocycles. The van der Waals surface area contributed by atoms with Gasteiger partial charge in [0.2, 0.25) is 0 Å². The van der Waals surface area contributed by atoms with Crippen LogP contribution in [0, 0.1) is 22.7 Å². The first-order valence-electron chi connectivity index (χ1n) is 5.64. The molecule has 0 N–H and O–H groups in total. The van der Waals surface area contributed by atoms with Crippen molar-refractivity contribution in [2.24, 2.45) is 0 Å². The highest BCUT2D eigenvalue weighted by atomic mass is 16.2. The van der Waals surface area contributed by atoms with E-state index in [0.29, 0.717) is 11.4 Å². The number of nitrogens with zero attached hydrogens (tertiary/aromatic N) is 6. The highest BCUT2D eigenvalue weighted by Crippen LogP contribution is 2.12. The predicted octanol–water partition coefficient (Wildman–Crippen LogP) is 0.712. The lowest BCUT2D eigenvalue weighted by Gasteiger charge is -2.10. The molecule has 0 spiro atoms. The van der Waals surface area contributed by atoms with Crippen LogP contribution in [0.3, 0.4) is 0 Å². The fraction of sp³-hybridized carbons (Fsp3) is 0.154. The first-order chi connectivity index (χ1) is 9.58. The van der Waals surface area contributed by atoms with Crippen molar-refractivity contribution in [2.45, 2.75) is 0 Å². The van der Waals surface area contributed by atoms with E-state index in [4.69, 9.17) is 10.5 Å². The zero-order valence-electron chi connectivity index (χ0n) is 10.9. The molecule has 0 unspecified atom stereocenters.